The predicted octanol–water partition coefficient (Wildman–Crippen LogP) is 0.626. The van der Waals surface area contributed by atoms with Crippen LogP contribution < -0.4 is 11.1 Å². The summed E-state index contributed by atoms with van der Waals surface area (Å²) in [5.41, 5.74) is 6.81. The van der Waals surface area contributed by atoms with Crippen LogP contribution in [0, 0.1) is 0 Å². The van der Waals surface area contributed by atoms with Gasteiger partial charge in [-0.15, -0.1) is 0 Å². The van der Waals surface area contributed by atoms with E-state index in [1.54, 1.807) is 6.92 Å². The first-order chi connectivity index (χ1) is 9.13. The zero-order valence-electron chi connectivity index (χ0n) is 11.1. The lowest BCUT2D eigenvalue weighted by atomic mass is 10.1. The molecule has 5 heteroatoms. The van der Waals surface area contributed by atoms with Crippen molar-refractivity contribution >= 4 is 11.9 Å². The highest BCUT2D eigenvalue weighted by Gasteiger charge is 2.13. The molecule has 5 nitrogen and oxygen atoms in total. The molecule has 1 aromatic rings. The molecule has 0 bridgehead atoms. The summed E-state index contributed by atoms with van der Waals surface area (Å²) in [7, 11) is 0. The fourth-order valence-corrected chi connectivity index (χ4v) is 1.61. The van der Waals surface area contributed by atoms with Crippen LogP contribution in [-0.2, 0) is 20.7 Å². The van der Waals surface area contributed by atoms with Crippen LogP contribution in [0.1, 0.15) is 18.9 Å². The molecule has 1 rings (SSSR count). The van der Waals surface area contributed by atoms with Crippen molar-refractivity contribution < 1.29 is 14.3 Å². The quantitative estimate of drug-likeness (QED) is 0.708. The first-order valence-corrected chi connectivity index (χ1v) is 6.36. The van der Waals surface area contributed by atoms with Crippen molar-refractivity contribution in [3.63, 3.8) is 0 Å². The maximum Gasteiger partial charge on any atom is 0.307 e. The zero-order chi connectivity index (χ0) is 14.1. The number of hydrogen-bond acceptors (Lipinski definition) is 4. The third-order valence-corrected chi connectivity index (χ3v) is 2.57. The van der Waals surface area contributed by atoms with E-state index < -0.39 is 6.04 Å². The smallest absolute Gasteiger partial charge is 0.307 e. The molecule has 19 heavy (non-hydrogen) atoms. The predicted molar refractivity (Wildman–Crippen MR) is 72.4 cm³/mol. The van der Waals surface area contributed by atoms with Crippen LogP contribution in [0.2, 0.25) is 0 Å². The highest BCUT2D eigenvalue weighted by atomic mass is 16.5. The van der Waals surface area contributed by atoms with Crippen LogP contribution in [0.15, 0.2) is 30.3 Å². The Balaban J connectivity index is 2.27. The Morgan fingerprint density at radius 1 is 1.32 bits per heavy atom. The van der Waals surface area contributed by atoms with E-state index in [1.165, 1.54) is 0 Å². The lowest BCUT2D eigenvalue weighted by Gasteiger charge is -2.12. The Morgan fingerprint density at radius 3 is 2.63 bits per heavy atom. The maximum absolute atomic E-state index is 11.7. The van der Waals surface area contributed by atoms with E-state index in [-0.39, 0.29) is 24.8 Å². The summed E-state index contributed by atoms with van der Waals surface area (Å²) in [6.07, 6.45) is 0.643. The van der Waals surface area contributed by atoms with Gasteiger partial charge in [-0.2, -0.15) is 0 Å². The molecule has 1 aromatic carbocycles. The molecule has 0 saturated heterocycles. The Kier molecular flexibility index (Phi) is 6.60. The number of carbonyl (C=O) groups is 2. The number of amides is 1. The molecular weight excluding hydrogens is 244 g/mol. The van der Waals surface area contributed by atoms with Gasteiger partial charge in [-0.25, -0.2) is 0 Å². The van der Waals surface area contributed by atoms with E-state index in [4.69, 9.17) is 10.5 Å². The third-order valence-electron chi connectivity index (χ3n) is 2.57. The topological polar surface area (TPSA) is 81.4 Å². The monoisotopic (exact) mass is 264 g/mol. The molecule has 1 amide bonds. The van der Waals surface area contributed by atoms with Gasteiger partial charge in [0.25, 0.3) is 0 Å². The summed E-state index contributed by atoms with van der Waals surface area (Å²) < 4.78 is 4.76. The number of benzene rings is 1. The molecule has 0 aromatic heterocycles. The van der Waals surface area contributed by atoms with Crippen molar-refractivity contribution in [2.24, 2.45) is 5.73 Å². The van der Waals surface area contributed by atoms with Crippen molar-refractivity contribution in [3.8, 4) is 0 Å². The third kappa shape index (κ3) is 6.01. The molecule has 3 N–H and O–H groups in total. The molecule has 0 aliphatic carbocycles. The molecule has 104 valence electrons. The van der Waals surface area contributed by atoms with E-state index >= 15 is 0 Å². The van der Waals surface area contributed by atoms with Crippen LogP contribution in [0.4, 0.5) is 0 Å². The van der Waals surface area contributed by atoms with Gasteiger partial charge >= 0.3 is 5.97 Å². The van der Waals surface area contributed by atoms with Gasteiger partial charge < -0.3 is 15.8 Å². The summed E-state index contributed by atoms with van der Waals surface area (Å²) in [6.45, 7) is 2.34. The molecule has 0 aliphatic heterocycles. The van der Waals surface area contributed by atoms with Gasteiger partial charge in [0, 0.05) is 6.54 Å². The molecule has 0 saturated carbocycles. The van der Waals surface area contributed by atoms with Crippen molar-refractivity contribution in [2.75, 3.05) is 13.2 Å². The van der Waals surface area contributed by atoms with E-state index in [1.807, 2.05) is 30.3 Å². The van der Waals surface area contributed by atoms with Crippen molar-refractivity contribution in [2.45, 2.75) is 25.8 Å². The Bertz CT molecular complexity index is 406. The largest absolute Gasteiger partial charge is 0.466 e. The van der Waals surface area contributed by atoms with Gasteiger partial charge in [-0.1, -0.05) is 30.3 Å². The van der Waals surface area contributed by atoms with Crippen LogP contribution in [0.3, 0.4) is 0 Å². The second kappa shape index (κ2) is 8.26. The minimum absolute atomic E-state index is 0.164. The van der Waals surface area contributed by atoms with E-state index in [9.17, 15) is 9.59 Å². The van der Waals surface area contributed by atoms with Crippen molar-refractivity contribution in [1.29, 1.82) is 0 Å². The second-order valence-electron chi connectivity index (χ2n) is 4.14. The Labute approximate surface area is 113 Å². The summed E-state index contributed by atoms with van der Waals surface area (Å²) in [5, 5.41) is 2.63. The van der Waals surface area contributed by atoms with Gasteiger partial charge in [0.15, 0.2) is 0 Å². The molecule has 0 radical (unpaired) electrons. The summed E-state index contributed by atoms with van der Waals surface area (Å²) >= 11 is 0. The first kappa shape index (κ1) is 15.2. The fourth-order valence-electron chi connectivity index (χ4n) is 1.61. The SMILES string of the molecule is CCOC(=O)CCNC(=O)[C@H](N)Cc1ccccc1. The van der Waals surface area contributed by atoms with Gasteiger partial charge in [-0.05, 0) is 18.9 Å². The summed E-state index contributed by atoms with van der Waals surface area (Å²) in [6, 6.07) is 8.96. The number of ether oxygens (including phenoxy) is 1. The van der Waals surface area contributed by atoms with Gasteiger partial charge in [-0.3, -0.25) is 9.59 Å². The maximum atomic E-state index is 11.7. The molecule has 0 spiro atoms. The summed E-state index contributed by atoms with van der Waals surface area (Å²) in [4.78, 5) is 22.8. The van der Waals surface area contributed by atoms with Crippen LogP contribution >= 0.6 is 0 Å². The highest BCUT2D eigenvalue weighted by Crippen LogP contribution is 2.01. The van der Waals surface area contributed by atoms with Crippen LogP contribution in [-0.4, -0.2) is 31.1 Å². The molecule has 0 aliphatic rings. The minimum atomic E-state index is -0.607. The van der Waals surface area contributed by atoms with Crippen LogP contribution in [0.5, 0.6) is 0 Å². The van der Waals surface area contributed by atoms with Gasteiger partial charge in [0.05, 0.1) is 19.1 Å². The lowest BCUT2D eigenvalue weighted by Crippen LogP contribution is -2.42. The highest BCUT2D eigenvalue weighted by molar-refractivity contribution is 5.82. The number of nitrogens with one attached hydrogen (secondary N) is 1. The number of hydrogen-bond donors (Lipinski definition) is 2. The number of carbonyl (C=O) groups excluding carboxylic acids is 2. The number of rotatable bonds is 7. The van der Waals surface area contributed by atoms with E-state index in [2.05, 4.69) is 5.32 Å². The van der Waals surface area contributed by atoms with Crippen molar-refractivity contribution in [3.05, 3.63) is 35.9 Å². The van der Waals surface area contributed by atoms with Crippen molar-refractivity contribution in [1.82, 2.24) is 5.32 Å². The van der Waals surface area contributed by atoms with E-state index in [0.29, 0.717) is 13.0 Å². The lowest BCUT2D eigenvalue weighted by molar-refractivity contribution is -0.143. The first-order valence-electron chi connectivity index (χ1n) is 6.36. The second-order valence-corrected chi connectivity index (χ2v) is 4.14. The average molecular weight is 264 g/mol. The summed E-state index contributed by atoms with van der Waals surface area (Å²) in [5.74, 6) is -0.576. The standard InChI is InChI=1S/C14H20N2O3/c1-2-19-13(17)8-9-16-14(18)12(15)10-11-6-4-3-5-7-11/h3-7,12H,2,8-10,15H2,1H3,(H,16,18)/t12-/m1/s1. The molecule has 0 fully saturated rings. The normalized spacial score (nSPS) is 11.7. The van der Waals surface area contributed by atoms with E-state index in [0.717, 1.165) is 5.56 Å². The zero-order valence-corrected chi connectivity index (χ0v) is 11.1. The molecule has 0 unspecified atom stereocenters. The average Bonchev–Trinajstić information content (AvgIpc) is 2.40. The minimum Gasteiger partial charge on any atom is -0.466 e. The molecule has 1 atom stereocenters. The van der Waals surface area contributed by atoms with Crippen LogP contribution in [0.25, 0.3) is 0 Å². The fraction of sp³-hybridized carbons (Fsp3) is 0.429. The Hall–Kier alpha value is -1.88. The molecular formula is C14H20N2O3. The van der Waals surface area contributed by atoms with Gasteiger partial charge in [0.2, 0.25) is 5.91 Å². The number of nitrogens with two attached hydrogens (primary N) is 1. The van der Waals surface area contributed by atoms with Gasteiger partial charge in [0.1, 0.15) is 0 Å². The molecule has 0 heterocycles. The Morgan fingerprint density at radius 2 is 2.00 bits per heavy atom. The number of esters is 1.